The predicted molar refractivity (Wildman–Crippen MR) is 67.6 cm³/mol. The number of alkyl halides is 6. The highest BCUT2D eigenvalue weighted by Gasteiger charge is 2.53. The van der Waals surface area contributed by atoms with Crippen LogP contribution in [0.4, 0.5) is 26.3 Å². The highest BCUT2D eigenvalue weighted by atomic mass is 19.4. The van der Waals surface area contributed by atoms with E-state index in [4.69, 9.17) is 5.11 Å². The number of hydrogen-bond acceptors (Lipinski definition) is 4. The summed E-state index contributed by atoms with van der Waals surface area (Å²) in [5, 5.41) is 10.1. The molecule has 1 rings (SSSR count). The second-order valence-corrected chi connectivity index (χ2v) is 4.64. The second-order valence-electron chi connectivity index (χ2n) is 4.64. The van der Waals surface area contributed by atoms with Crippen LogP contribution in [0.1, 0.15) is 20.3 Å². The van der Waals surface area contributed by atoms with Crippen LogP contribution >= 0.6 is 0 Å². The molecule has 0 spiro atoms. The molecule has 1 aliphatic rings. The summed E-state index contributed by atoms with van der Waals surface area (Å²) in [5.74, 6) is -3.63. The van der Waals surface area contributed by atoms with Crippen LogP contribution in [0, 0.1) is 0 Å². The van der Waals surface area contributed by atoms with Crippen LogP contribution in [0.5, 0.6) is 0 Å². The van der Waals surface area contributed by atoms with Gasteiger partial charge in [-0.3, -0.25) is 0 Å². The fourth-order valence-electron chi connectivity index (χ4n) is 2.27. The van der Waals surface area contributed by atoms with Crippen LogP contribution in [-0.2, 0) is 14.3 Å². The molecule has 1 heterocycles. The van der Waals surface area contributed by atoms with E-state index in [9.17, 15) is 35.9 Å². The number of esters is 1. The first-order valence-electron chi connectivity index (χ1n) is 6.64. The van der Waals surface area contributed by atoms with Gasteiger partial charge in [-0.05, 0) is 18.9 Å². The average Bonchev–Trinajstić information content (AvgIpc) is 2.42. The number of carboxylic acid groups (broad SMARTS) is 1. The fraction of sp³-hybridized carbons (Fsp3) is 0.538. The zero-order valence-electron chi connectivity index (χ0n) is 12.4. The Morgan fingerprint density at radius 3 is 2.04 bits per heavy atom. The van der Waals surface area contributed by atoms with E-state index in [1.54, 1.807) is 0 Å². The highest BCUT2D eigenvalue weighted by molar-refractivity contribution is 6.00. The van der Waals surface area contributed by atoms with Crippen molar-refractivity contribution >= 4 is 11.9 Å². The van der Waals surface area contributed by atoms with Crippen LogP contribution in [0.3, 0.4) is 0 Å². The molecule has 0 radical (unpaired) electrons. The van der Waals surface area contributed by atoms with E-state index in [-0.39, 0.29) is 6.61 Å². The van der Waals surface area contributed by atoms with Crippen molar-refractivity contribution in [1.29, 1.82) is 0 Å². The van der Waals surface area contributed by atoms with Crippen LogP contribution < -0.4 is 5.32 Å². The van der Waals surface area contributed by atoms with Crippen molar-refractivity contribution in [3.63, 3.8) is 0 Å². The molecule has 0 aromatic rings. The molecule has 5 nitrogen and oxygen atoms in total. The predicted octanol–water partition coefficient (Wildman–Crippen LogP) is 2.69. The minimum atomic E-state index is -5.38. The average molecular weight is 361 g/mol. The summed E-state index contributed by atoms with van der Waals surface area (Å²) in [4.78, 5) is 23.0. The van der Waals surface area contributed by atoms with Gasteiger partial charge in [0.15, 0.2) is 6.04 Å². The lowest BCUT2D eigenvalue weighted by molar-refractivity contribution is -0.162. The van der Waals surface area contributed by atoms with E-state index in [0.717, 1.165) is 12.2 Å². The van der Waals surface area contributed by atoms with Crippen molar-refractivity contribution in [2.45, 2.75) is 38.7 Å². The van der Waals surface area contributed by atoms with Crippen LogP contribution in [0.25, 0.3) is 0 Å². The zero-order chi connectivity index (χ0) is 18.9. The molecule has 24 heavy (non-hydrogen) atoms. The van der Waals surface area contributed by atoms with Crippen LogP contribution in [-0.4, -0.2) is 42.0 Å². The van der Waals surface area contributed by atoms with E-state index in [2.05, 4.69) is 4.74 Å². The molecule has 0 fully saturated rings. The SMILES string of the molecule is CCOC(=O)C1=C(CC)C(C(=O)O)=C(C(F)(F)F)NC1C(F)(F)F. The first kappa shape index (κ1) is 19.8. The standard InChI is InChI=1S/C13H13F6NO4/c1-3-5-6(10(21)22)8(12(14,15)16)20-9(13(17,18)19)7(5)11(23)24-4-2/h9,20H,3-4H2,1-2H3,(H,21,22). The molecule has 11 heteroatoms. The Balaban J connectivity index is 3.78. The van der Waals surface area contributed by atoms with Gasteiger partial charge in [-0.1, -0.05) is 6.92 Å². The Labute approximate surface area is 132 Å². The molecule has 0 aromatic heterocycles. The lowest BCUT2D eigenvalue weighted by Crippen LogP contribution is -2.51. The summed E-state index contributed by atoms with van der Waals surface area (Å²) >= 11 is 0. The summed E-state index contributed by atoms with van der Waals surface area (Å²) in [5.41, 5.74) is -5.53. The highest BCUT2D eigenvalue weighted by Crippen LogP contribution is 2.40. The molecule has 0 saturated carbocycles. The topological polar surface area (TPSA) is 75.6 Å². The van der Waals surface area contributed by atoms with Crippen molar-refractivity contribution in [1.82, 2.24) is 5.32 Å². The number of rotatable bonds is 4. The third-order valence-electron chi connectivity index (χ3n) is 3.13. The van der Waals surface area contributed by atoms with Crippen molar-refractivity contribution in [3.05, 3.63) is 22.4 Å². The first-order valence-corrected chi connectivity index (χ1v) is 6.64. The molecule has 1 aliphatic heterocycles. The van der Waals surface area contributed by atoms with Crippen LogP contribution in [0.15, 0.2) is 22.4 Å². The van der Waals surface area contributed by atoms with Gasteiger partial charge in [0.1, 0.15) is 5.70 Å². The fourth-order valence-corrected chi connectivity index (χ4v) is 2.27. The Bertz CT molecular complexity index is 603. The van der Waals surface area contributed by atoms with Crippen LogP contribution in [0.2, 0.25) is 0 Å². The van der Waals surface area contributed by atoms with E-state index in [1.807, 2.05) is 0 Å². The van der Waals surface area contributed by atoms with E-state index in [0.29, 0.717) is 0 Å². The number of ether oxygens (including phenoxy) is 1. The maximum absolute atomic E-state index is 13.1. The molecular formula is C13H13F6NO4. The number of aliphatic carboxylic acids is 1. The molecule has 136 valence electrons. The third kappa shape index (κ3) is 3.82. The van der Waals surface area contributed by atoms with E-state index < -0.39 is 59.2 Å². The normalized spacial score (nSPS) is 19.2. The molecule has 2 N–H and O–H groups in total. The molecule has 0 saturated heterocycles. The Kier molecular flexibility index (Phi) is 5.57. The van der Waals surface area contributed by atoms with E-state index in [1.165, 1.54) is 6.92 Å². The van der Waals surface area contributed by atoms with Gasteiger partial charge >= 0.3 is 24.3 Å². The van der Waals surface area contributed by atoms with Gasteiger partial charge in [0.2, 0.25) is 0 Å². The molecule has 1 unspecified atom stereocenters. The van der Waals surface area contributed by atoms with Gasteiger partial charge in [0.05, 0.1) is 17.8 Å². The minimum Gasteiger partial charge on any atom is -0.478 e. The van der Waals surface area contributed by atoms with Crippen molar-refractivity contribution in [2.24, 2.45) is 0 Å². The number of dihydropyridines is 1. The number of carboxylic acids is 1. The lowest BCUT2D eigenvalue weighted by atomic mass is 9.87. The van der Waals surface area contributed by atoms with Gasteiger partial charge in [-0.2, -0.15) is 26.3 Å². The molecule has 0 amide bonds. The van der Waals surface area contributed by atoms with Gasteiger partial charge in [-0.15, -0.1) is 0 Å². The summed E-state index contributed by atoms with van der Waals surface area (Å²) in [6, 6.07) is -3.02. The van der Waals surface area contributed by atoms with Crippen molar-refractivity contribution in [2.75, 3.05) is 6.61 Å². The number of allylic oxidation sites excluding steroid dienone is 1. The minimum absolute atomic E-state index is 0.331. The molecule has 1 atom stereocenters. The molecule has 0 aromatic carbocycles. The number of nitrogens with one attached hydrogen (secondary N) is 1. The van der Waals surface area contributed by atoms with Gasteiger partial charge in [0, 0.05) is 0 Å². The number of carbonyl (C=O) groups excluding carboxylic acids is 1. The maximum Gasteiger partial charge on any atom is 0.431 e. The molecular weight excluding hydrogens is 348 g/mol. The largest absolute Gasteiger partial charge is 0.478 e. The molecule has 0 aliphatic carbocycles. The van der Waals surface area contributed by atoms with Gasteiger partial charge < -0.3 is 15.2 Å². The smallest absolute Gasteiger partial charge is 0.431 e. The Morgan fingerprint density at radius 2 is 1.71 bits per heavy atom. The van der Waals surface area contributed by atoms with Crippen molar-refractivity contribution < 1.29 is 45.8 Å². The van der Waals surface area contributed by atoms with Gasteiger partial charge in [-0.25, -0.2) is 9.59 Å². The summed E-state index contributed by atoms with van der Waals surface area (Å²) in [6.45, 7) is 2.10. The lowest BCUT2D eigenvalue weighted by Gasteiger charge is -2.33. The Hall–Kier alpha value is -2.20. The summed E-state index contributed by atoms with van der Waals surface area (Å²) in [7, 11) is 0. The van der Waals surface area contributed by atoms with Gasteiger partial charge in [0.25, 0.3) is 0 Å². The number of carbonyl (C=O) groups is 2. The Morgan fingerprint density at radius 1 is 1.17 bits per heavy atom. The van der Waals surface area contributed by atoms with E-state index >= 15 is 0 Å². The quantitative estimate of drug-likeness (QED) is 0.595. The maximum atomic E-state index is 13.1. The van der Waals surface area contributed by atoms with Crippen molar-refractivity contribution in [3.8, 4) is 0 Å². The monoisotopic (exact) mass is 361 g/mol. The summed E-state index contributed by atoms with van der Waals surface area (Å²) in [6.07, 6.45) is -11.2. The second kappa shape index (κ2) is 6.73. The number of hydrogen-bond donors (Lipinski definition) is 2. The molecule has 0 bridgehead atoms. The third-order valence-corrected chi connectivity index (χ3v) is 3.13. The zero-order valence-corrected chi connectivity index (χ0v) is 12.4. The first-order chi connectivity index (χ1) is 10.9. The summed E-state index contributed by atoms with van der Waals surface area (Å²) < 4.78 is 82.9. The number of halogens is 6.